The molecule has 1 heterocycles. The molecule has 4 aromatic rings. The van der Waals surface area contributed by atoms with Crippen LogP contribution in [0.1, 0.15) is 68.7 Å². The van der Waals surface area contributed by atoms with Gasteiger partial charge in [0.15, 0.2) is 0 Å². The van der Waals surface area contributed by atoms with Crippen molar-refractivity contribution >= 4 is 33.1 Å². The van der Waals surface area contributed by atoms with Gasteiger partial charge in [0, 0.05) is 33.1 Å². The molecule has 4 rings (SSSR count). The lowest BCUT2D eigenvalue weighted by molar-refractivity contribution is -0.143. The molecule has 0 radical (unpaired) electrons. The van der Waals surface area contributed by atoms with Crippen LogP contribution in [-0.4, -0.2) is 79.3 Å². The predicted octanol–water partition coefficient (Wildman–Crippen LogP) is 5.48. The first kappa shape index (κ1) is 38.1. The normalized spacial score (nSPS) is 12.5. The van der Waals surface area contributed by atoms with E-state index in [4.69, 9.17) is 18.9 Å². The van der Waals surface area contributed by atoms with E-state index in [0.717, 1.165) is 27.8 Å². The quantitative estimate of drug-likeness (QED) is 0.124. The van der Waals surface area contributed by atoms with E-state index in [0.29, 0.717) is 36.6 Å². The van der Waals surface area contributed by atoms with Gasteiger partial charge in [0.1, 0.15) is 28.1 Å². The van der Waals surface area contributed by atoms with Gasteiger partial charge >= 0.3 is 12.1 Å². The van der Waals surface area contributed by atoms with Crippen molar-refractivity contribution < 1.29 is 37.0 Å². The number of nitrogens with one attached hydrogen (secondary N) is 1. The summed E-state index contributed by atoms with van der Waals surface area (Å²) in [5.74, 6) is 0.304. The lowest BCUT2D eigenvalue weighted by Gasteiger charge is -2.22. The second-order valence-electron chi connectivity index (χ2n) is 12.9. The Morgan fingerprint density at radius 3 is 2.42 bits per heavy atom. The second kappa shape index (κ2) is 16.3. The summed E-state index contributed by atoms with van der Waals surface area (Å²) < 4.78 is 52.1. The molecule has 0 saturated carbocycles. The summed E-state index contributed by atoms with van der Waals surface area (Å²) in [5.41, 5.74) is 4.08. The summed E-state index contributed by atoms with van der Waals surface area (Å²) in [5, 5.41) is 11.1. The minimum Gasteiger partial charge on any atom is -0.494 e. The number of hydrogen-bond acceptors (Lipinski definition) is 10. The van der Waals surface area contributed by atoms with Crippen molar-refractivity contribution in [1.82, 2.24) is 24.6 Å². The van der Waals surface area contributed by atoms with Gasteiger partial charge in [-0.15, -0.1) is 5.10 Å². The SMILES string of the molecule is CCOC(=O)CC(c1ccc(C)c(CN(C)S(=O)(=O)c2ccc(OCCCNC(=O)OC(C)(C)C)cc2)c1)c1cc(OC)c2c(c1)nnn2C. The summed E-state index contributed by atoms with van der Waals surface area (Å²) in [6.07, 6.45) is 0.119. The number of hydrogen-bond donors (Lipinski definition) is 1. The van der Waals surface area contributed by atoms with E-state index >= 15 is 0 Å². The van der Waals surface area contributed by atoms with Gasteiger partial charge in [-0.25, -0.2) is 17.9 Å². The van der Waals surface area contributed by atoms with Crippen LogP contribution in [0.15, 0.2) is 59.5 Å². The maximum absolute atomic E-state index is 13.6. The van der Waals surface area contributed by atoms with Gasteiger partial charge in [0.2, 0.25) is 10.0 Å². The number of methoxy groups -OCH3 is 1. The number of alkyl carbamates (subject to hydrolysis) is 1. The molecule has 1 unspecified atom stereocenters. The van der Waals surface area contributed by atoms with Gasteiger partial charge < -0.3 is 24.3 Å². The molecule has 270 valence electrons. The fourth-order valence-electron chi connectivity index (χ4n) is 5.40. The van der Waals surface area contributed by atoms with Gasteiger partial charge in [-0.2, -0.15) is 4.31 Å². The van der Waals surface area contributed by atoms with Crippen LogP contribution in [-0.2, 0) is 37.9 Å². The Morgan fingerprint density at radius 2 is 1.76 bits per heavy atom. The molecule has 3 aromatic carbocycles. The predicted molar refractivity (Wildman–Crippen MR) is 189 cm³/mol. The molecule has 0 spiro atoms. The number of rotatable bonds is 15. The van der Waals surface area contributed by atoms with Crippen LogP contribution in [0.5, 0.6) is 11.5 Å². The number of sulfonamides is 1. The Bertz CT molecular complexity index is 1900. The highest BCUT2D eigenvalue weighted by molar-refractivity contribution is 7.89. The number of nitrogens with zero attached hydrogens (tertiary/aromatic N) is 4. The number of carbonyl (C=O) groups excluding carboxylic acids is 2. The van der Waals surface area contributed by atoms with Crippen LogP contribution in [0.2, 0.25) is 0 Å². The van der Waals surface area contributed by atoms with Crippen molar-refractivity contribution in [3.8, 4) is 11.5 Å². The highest BCUT2D eigenvalue weighted by atomic mass is 32.2. The molecule has 50 heavy (non-hydrogen) atoms. The third-order valence-electron chi connectivity index (χ3n) is 7.94. The lowest BCUT2D eigenvalue weighted by atomic mass is 9.86. The molecule has 0 aliphatic carbocycles. The molecule has 0 aliphatic rings. The molecule has 0 aliphatic heterocycles. The molecule has 14 heteroatoms. The monoisotopic (exact) mass is 709 g/mol. The van der Waals surface area contributed by atoms with E-state index in [1.54, 1.807) is 58.7 Å². The summed E-state index contributed by atoms with van der Waals surface area (Å²) in [6.45, 7) is 10.1. The Morgan fingerprint density at radius 1 is 1.04 bits per heavy atom. The Labute approximate surface area is 293 Å². The molecule has 0 saturated heterocycles. The number of carbonyl (C=O) groups is 2. The van der Waals surface area contributed by atoms with E-state index in [-0.39, 0.29) is 30.4 Å². The van der Waals surface area contributed by atoms with Crippen LogP contribution >= 0.6 is 0 Å². The van der Waals surface area contributed by atoms with E-state index in [1.165, 1.54) is 23.5 Å². The molecule has 1 atom stereocenters. The van der Waals surface area contributed by atoms with Crippen molar-refractivity contribution in [3.63, 3.8) is 0 Å². The zero-order chi connectivity index (χ0) is 36.6. The number of amides is 1. The van der Waals surface area contributed by atoms with Gasteiger partial charge in [0.25, 0.3) is 0 Å². The molecular formula is C36H47N5O8S. The number of ether oxygens (including phenoxy) is 4. The van der Waals surface area contributed by atoms with Crippen molar-refractivity contribution in [1.29, 1.82) is 0 Å². The van der Waals surface area contributed by atoms with Gasteiger partial charge in [-0.05, 0) is 99.7 Å². The first-order valence-electron chi connectivity index (χ1n) is 16.4. The van der Waals surface area contributed by atoms with Crippen molar-refractivity contribution in [3.05, 3.63) is 76.9 Å². The van der Waals surface area contributed by atoms with E-state index in [1.807, 2.05) is 37.3 Å². The number of fused-ring (bicyclic) bond motifs is 1. The van der Waals surface area contributed by atoms with Crippen LogP contribution in [0.4, 0.5) is 4.79 Å². The number of aromatic nitrogens is 3. The van der Waals surface area contributed by atoms with E-state index in [2.05, 4.69) is 15.6 Å². The highest BCUT2D eigenvalue weighted by Crippen LogP contribution is 2.36. The van der Waals surface area contributed by atoms with Crippen molar-refractivity contribution in [2.24, 2.45) is 7.05 Å². The lowest BCUT2D eigenvalue weighted by Crippen LogP contribution is -2.33. The Hall–Kier alpha value is -4.69. The van der Waals surface area contributed by atoms with Crippen LogP contribution in [0.3, 0.4) is 0 Å². The first-order chi connectivity index (χ1) is 23.6. The van der Waals surface area contributed by atoms with Crippen LogP contribution < -0.4 is 14.8 Å². The molecule has 1 amide bonds. The molecule has 1 aromatic heterocycles. The average molecular weight is 710 g/mol. The van der Waals surface area contributed by atoms with Gasteiger partial charge in [-0.1, -0.05) is 23.4 Å². The van der Waals surface area contributed by atoms with Gasteiger partial charge in [-0.3, -0.25) is 4.79 Å². The van der Waals surface area contributed by atoms with Crippen LogP contribution in [0, 0.1) is 6.92 Å². The Balaban J connectivity index is 1.48. The minimum absolute atomic E-state index is 0.0636. The maximum atomic E-state index is 13.6. The third-order valence-corrected chi connectivity index (χ3v) is 9.76. The number of aryl methyl sites for hydroxylation is 2. The van der Waals surface area contributed by atoms with E-state index in [9.17, 15) is 18.0 Å². The summed E-state index contributed by atoms with van der Waals surface area (Å²) in [4.78, 5) is 24.7. The maximum Gasteiger partial charge on any atom is 0.407 e. The highest BCUT2D eigenvalue weighted by Gasteiger charge is 2.25. The zero-order valence-corrected chi connectivity index (χ0v) is 30.8. The summed E-state index contributed by atoms with van der Waals surface area (Å²) >= 11 is 0. The standard InChI is InChI=1S/C36H47N5O8S/c1-9-47-33(42)22-30(26-20-31-34(32(21-26)46-8)41(7)39-38-31)25-12-11-24(2)27(19-25)23-40(6)50(44,45)29-15-13-28(14-16-29)48-18-10-17-37-35(43)49-36(3,4)5/h11-16,19-21,30H,9-10,17-18,22-23H2,1-8H3,(H,37,43). The second-order valence-corrected chi connectivity index (χ2v) is 15.0. The minimum atomic E-state index is -3.86. The fourth-order valence-corrected chi connectivity index (χ4v) is 6.55. The number of benzene rings is 3. The van der Waals surface area contributed by atoms with Crippen LogP contribution in [0.25, 0.3) is 11.0 Å². The molecule has 13 nitrogen and oxygen atoms in total. The van der Waals surface area contributed by atoms with E-state index < -0.39 is 27.6 Å². The Kier molecular flexibility index (Phi) is 12.5. The largest absolute Gasteiger partial charge is 0.494 e. The first-order valence-corrected chi connectivity index (χ1v) is 17.8. The summed E-state index contributed by atoms with van der Waals surface area (Å²) in [6, 6.07) is 15.8. The smallest absolute Gasteiger partial charge is 0.407 e. The molecule has 1 N–H and O–H groups in total. The molecular weight excluding hydrogens is 662 g/mol. The summed E-state index contributed by atoms with van der Waals surface area (Å²) in [7, 11) is 1.03. The van der Waals surface area contributed by atoms with Gasteiger partial charge in [0.05, 0.1) is 31.6 Å². The zero-order valence-electron chi connectivity index (χ0n) is 30.0. The third kappa shape index (κ3) is 9.72. The molecule has 0 fully saturated rings. The van der Waals surface area contributed by atoms with Crippen molar-refractivity contribution in [2.45, 2.75) is 70.4 Å². The fraction of sp³-hybridized carbons (Fsp3) is 0.444. The molecule has 0 bridgehead atoms. The number of esters is 1. The average Bonchev–Trinajstić information content (AvgIpc) is 3.44. The van der Waals surface area contributed by atoms with Crippen molar-refractivity contribution in [2.75, 3.05) is 33.9 Å². The topological polar surface area (TPSA) is 151 Å².